The zero-order valence-electron chi connectivity index (χ0n) is 16.1. The van der Waals surface area contributed by atoms with E-state index < -0.39 is 6.17 Å². The number of nitrogens with one attached hydrogen (secondary N) is 1. The van der Waals surface area contributed by atoms with Gasteiger partial charge in [-0.3, -0.25) is 0 Å². The summed E-state index contributed by atoms with van der Waals surface area (Å²) >= 11 is 0. The Bertz CT molecular complexity index is 993. The molecule has 8 heteroatoms. The minimum absolute atomic E-state index is 0.0561. The zero-order chi connectivity index (χ0) is 20.0. The molecule has 29 heavy (non-hydrogen) atoms. The highest BCUT2D eigenvalue weighted by Crippen LogP contribution is 2.34. The number of rotatable bonds is 4. The van der Waals surface area contributed by atoms with E-state index in [0.29, 0.717) is 23.1 Å². The van der Waals surface area contributed by atoms with Gasteiger partial charge in [0.1, 0.15) is 11.9 Å². The lowest BCUT2D eigenvalue weighted by atomic mass is 9.96. The summed E-state index contributed by atoms with van der Waals surface area (Å²) in [6.07, 6.45) is 6.95. The molecule has 2 aliphatic heterocycles. The normalized spacial score (nSPS) is 25.9. The lowest BCUT2D eigenvalue weighted by Gasteiger charge is -2.38. The van der Waals surface area contributed by atoms with Crippen LogP contribution >= 0.6 is 0 Å². The van der Waals surface area contributed by atoms with Crippen LogP contribution in [0.3, 0.4) is 0 Å². The maximum Gasteiger partial charge on any atom is 0.151 e. The third-order valence-electron chi connectivity index (χ3n) is 6.12. The van der Waals surface area contributed by atoms with Crippen LogP contribution in [0.5, 0.6) is 5.75 Å². The van der Waals surface area contributed by atoms with E-state index in [2.05, 4.69) is 20.5 Å². The summed E-state index contributed by atoms with van der Waals surface area (Å²) in [6, 6.07) is 9.14. The van der Waals surface area contributed by atoms with Gasteiger partial charge in [0.15, 0.2) is 5.82 Å². The molecule has 3 aromatic rings. The number of hydrogen-bond acceptors (Lipinski definition) is 6. The number of aromatic hydroxyl groups is 1. The molecule has 0 saturated carbocycles. The van der Waals surface area contributed by atoms with Crippen molar-refractivity contribution in [3.63, 3.8) is 0 Å². The number of alkyl halides is 1. The van der Waals surface area contributed by atoms with Gasteiger partial charge in [0.05, 0.1) is 23.8 Å². The average Bonchev–Trinajstić information content (AvgIpc) is 3.41. The van der Waals surface area contributed by atoms with Gasteiger partial charge in [-0.15, -0.1) is 10.2 Å². The van der Waals surface area contributed by atoms with Gasteiger partial charge < -0.3 is 19.9 Å². The summed E-state index contributed by atoms with van der Waals surface area (Å²) in [5.41, 5.74) is 1.97. The van der Waals surface area contributed by atoms with Crippen molar-refractivity contribution < 1.29 is 9.50 Å². The van der Waals surface area contributed by atoms with Crippen molar-refractivity contribution in [2.24, 2.45) is 0 Å². The number of phenolic OH excluding ortho intramolecular Hbond substituents is 1. The molecule has 0 spiro atoms. The Balaban J connectivity index is 1.36. The molecule has 2 fully saturated rings. The molecule has 0 amide bonds. The van der Waals surface area contributed by atoms with Crippen LogP contribution in [0.4, 0.5) is 10.2 Å². The van der Waals surface area contributed by atoms with Gasteiger partial charge in [0, 0.05) is 43.2 Å². The summed E-state index contributed by atoms with van der Waals surface area (Å²) in [7, 11) is 1.88. The van der Waals surface area contributed by atoms with E-state index in [1.165, 1.54) is 0 Å². The highest BCUT2D eigenvalue weighted by atomic mass is 19.1. The Morgan fingerprint density at radius 2 is 2.10 bits per heavy atom. The van der Waals surface area contributed by atoms with Gasteiger partial charge in [-0.1, -0.05) is 0 Å². The number of phenols is 1. The van der Waals surface area contributed by atoms with Crippen LogP contribution < -0.4 is 10.2 Å². The third kappa shape index (κ3) is 3.23. The lowest BCUT2D eigenvalue weighted by molar-refractivity contribution is 0.176. The van der Waals surface area contributed by atoms with E-state index in [1.807, 2.05) is 40.9 Å². The fourth-order valence-electron chi connectivity index (χ4n) is 4.48. The first-order valence-electron chi connectivity index (χ1n) is 9.88. The molecular formula is C21H23FN6O. The predicted molar refractivity (Wildman–Crippen MR) is 108 cm³/mol. The lowest BCUT2D eigenvalue weighted by Crippen LogP contribution is -2.55. The molecule has 2 N–H and O–H groups in total. The molecule has 150 valence electrons. The molecule has 0 radical (unpaired) electrons. The van der Waals surface area contributed by atoms with Crippen molar-refractivity contribution in [2.75, 3.05) is 11.9 Å². The Morgan fingerprint density at radius 1 is 1.21 bits per heavy atom. The second-order valence-corrected chi connectivity index (χ2v) is 7.85. The van der Waals surface area contributed by atoms with E-state index >= 15 is 0 Å². The van der Waals surface area contributed by atoms with E-state index in [0.717, 1.165) is 24.9 Å². The number of imidazole rings is 1. The fraction of sp³-hybridized carbons (Fsp3) is 0.381. The number of aromatic nitrogens is 4. The zero-order valence-corrected chi connectivity index (χ0v) is 16.1. The number of benzene rings is 1. The molecule has 1 aromatic carbocycles. The fourth-order valence-corrected chi connectivity index (χ4v) is 4.48. The van der Waals surface area contributed by atoms with Crippen molar-refractivity contribution in [1.82, 2.24) is 25.1 Å². The molecule has 2 saturated heterocycles. The molecule has 4 atom stereocenters. The van der Waals surface area contributed by atoms with Crippen LogP contribution in [-0.4, -0.2) is 56.2 Å². The minimum Gasteiger partial charge on any atom is -0.507 e. The molecule has 2 aliphatic rings. The van der Waals surface area contributed by atoms with Gasteiger partial charge in [0.25, 0.3) is 0 Å². The standard InChI is InChI=1S/C21H23FN6O/c1-27(18-10-13-2-5-17(24-13)21(18)22)20-7-6-16(25-26-20)15-4-3-14(11-19(15)29)28-9-8-23-12-28/h3-4,6-9,11-13,17-18,21,24,29H,2,5,10H2,1H3/t13?,17?,18-,21+/m1/s1. The predicted octanol–water partition coefficient (Wildman–Crippen LogP) is 2.70. The first-order valence-corrected chi connectivity index (χ1v) is 9.88. The van der Waals surface area contributed by atoms with Crippen molar-refractivity contribution in [1.29, 1.82) is 0 Å². The highest BCUT2D eigenvalue weighted by Gasteiger charge is 2.43. The van der Waals surface area contributed by atoms with Gasteiger partial charge in [0.2, 0.25) is 0 Å². The Hall–Kier alpha value is -3.00. The summed E-state index contributed by atoms with van der Waals surface area (Å²) in [6.45, 7) is 0. The summed E-state index contributed by atoms with van der Waals surface area (Å²) < 4.78 is 16.6. The highest BCUT2D eigenvalue weighted by molar-refractivity contribution is 5.69. The van der Waals surface area contributed by atoms with Gasteiger partial charge in [-0.25, -0.2) is 9.37 Å². The first-order chi connectivity index (χ1) is 14.1. The summed E-state index contributed by atoms with van der Waals surface area (Å²) in [4.78, 5) is 5.91. The number of hydrogen-bond donors (Lipinski definition) is 2. The smallest absolute Gasteiger partial charge is 0.151 e. The van der Waals surface area contributed by atoms with Crippen molar-refractivity contribution in [3.05, 3.63) is 49.1 Å². The minimum atomic E-state index is -0.917. The Kier molecular flexibility index (Phi) is 4.43. The maximum absolute atomic E-state index is 14.8. The van der Waals surface area contributed by atoms with Gasteiger partial charge in [-0.2, -0.15) is 0 Å². The maximum atomic E-state index is 14.8. The molecule has 0 aliphatic carbocycles. The van der Waals surface area contributed by atoms with E-state index in [9.17, 15) is 9.50 Å². The van der Waals surface area contributed by atoms with Crippen molar-refractivity contribution in [2.45, 2.75) is 43.6 Å². The van der Waals surface area contributed by atoms with Crippen molar-refractivity contribution in [3.8, 4) is 22.7 Å². The largest absolute Gasteiger partial charge is 0.507 e. The molecule has 7 nitrogen and oxygen atoms in total. The van der Waals surface area contributed by atoms with Crippen molar-refractivity contribution >= 4 is 5.82 Å². The van der Waals surface area contributed by atoms with Gasteiger partial charge in [-0.05, 0) is 43.5 Å². The van der Waals surface area contributed by atoms with Gasteiger partial charge >= 0.3 is 0 Å². The Labute approximate surface area is 168 Å². The molecule has 4 heterocycles. The summed E-state index contributed by atoms with van der Waals surface area (Å²) in [5, 5.41) is 22.4. The molecule has 5 rings (SSSR count). The van der Waals surface area contributed by atoms with E-state index in [1.54, 1.807) is 24.7 Å². The number of fused-ring (bicyclic) bond motifs is 2. The van der Waals surface area contributed by atoms with E-state index in [-0.39, 0.29) is 17.8 Å². The quantitative estimate of drug-likeness (QED) is 0.708. The molecule has 2 aromatic heterocycles. The van der Waals surface area contributed by atoms with E-state index in [4.69, 9.17) is 0 Å². The second-order valence-electron chi connectivity index (χ2n) is 7.85. The monoisotopic (exact) mass is 394 g/mol. The average molecular weight is 394 g/mol. The van der Waals surface area contributed by atoms with Crippen LogP contribution in [0.2, 0.25) is 0 Å². The number of halogens is 1. The third-order valence-corrected chi connectivity index (χ3v) is 6.12. The molecule has 2 bridgehead atoms. The molecule has 2 unspecified atom stereocenters. The number of nitrogens with zero attached hydrogens (tertiary/aromatic N) is 5. The van der Waals surface area contributed by atoms with Crippen LogP contribution in [0.1, 0.15) is 19.3 Å². The number of anilines is 1. The SMILES string of the molecule is CN(c1ccc(-c2ccc(-n3ccnc3)cc2O)nn1)[C@@H]1CC2CCC(N2)[C@@H]1F. The first kappa shape index (κ1) is 18.1. The Morgan fingerprint density at radius 3 is 2.83 bits per heavy atom. The van der Waals surface area contributed by atoms with Crippen LogP contribution in [-0.2, 0) is 0 Å². The number of piperidine rings is 1. The second kappa shape index (κ2) is 7.11. The molecular weight excluding hydrogens is 371 g/mol. The van der Waals surface area contributed by atoms with Crippen LogP contribution in [0.15, 0.2) is 49.1 Å². The van der Waals surface area contributed by atoms with Crippen LogP contribution in [0, 0.1) is 0 Å². The summed E-state index contributed by atoms with van der Waals surface area (Å²) in [5.74, 6) is 0.752. The van der Waals surface area contributed by atoms with Crippen LogP contribution in [0.25, 0.3) is 16.9 Å². The topological polar surface area (TPSA) is 79.1 Å².